The SMILES string of the molecule is COc1ccc2c(c1)CCCC2NC(=S)Nc1ccc(OC(C)C)cc1. The molecule has 2 aromatic rings. The van der Waals surface area contributed by atoms with Gasteiger partial charge in [-0.1, -0.05) is 6.07 Å². The zero-order chi connectivity index (χ0) is 18.5. The van der Waals surface area contributed by atoms with E-state index in [2.05, 4.69) is 22.8 Å². The number of hydrogen-bond donors (Lipinski definition) is 2. The van der Waals surface area contributed by atoms with Crippen LogP contribution in [0, 0.1) is 0 Å². The van der Waals surface area contributed by atoms with Crippen molar-refractivity contribution in [3.8, 4) is 11.5 Å². The van der Waals surface area contributed by atoms with Crippen LogP contribution in [0.5, 0.6) is 11.5 Å². The van der Waals surface area contributed by atoms with Crippen LogP contribution in [0.15, 0.2) is 42.5 Å². The first-order valence-electron chi connectivity index (χ1n) is 9.06. The molecule has 0 bridgehead atoms. The van der Waals surface area contributed by atoms with Gasteiger partial charge >= 0.3 is 0 Å². The average Bonchev–Trinajstić information content (AvgIpc) is 2.62. The quantitative estimate of drug-likeness (QED) is 0.737. The zero-order valence-corrected chi connectivity index (χ0v) is 16.4. The Morgan fingerprint density at radius 1 is 1.12 bits per heavy atom. The monoisotopic (exact) mass is 370 g/mol. The normalized spacial score (nSPS) is 15.9. The smallest absolute Gasteiger partial charge is 0.171 e. The zero-order valence-electron chi connectivity index (χ0n) is 15.5. The van der Waals surface area contributed by atoms with Gasteiger partial charge in [0.15, 0.2) is 5.11 Å². The summed E-state index contributed by atoms with van der Waals surface area (Å²) in [4.78, 5) is 0. The molecule has 0 aromatic heterocycles. The predicted molar refractivity (Wildman–Crippen MR) is 110 cm³/mol. The molecule has 1 atom stereocenters. The van der Waals surface area contributed by atoms with Gasteiger partial charge in [-0.25, -0.2) is 0 Å². The van der Waals surface area contributed by atoms with Gasteiger partial charge in [0.2, 0.25) is 0 Å². The topological polar surface area (TPSA) is 42.5 Å². The highest BCUT2D eigenvalue weighted by molar-refractivity contribution is 7.80. The van der Waals surface area contributed by atoms with E-state index in [1.165, 1.54) is 11.1 Å². The van der Waals surface area contributed by atoms with E-state index in [0.717, 1.165) is 36.4 Å². The third-order valence-corrected chi connectivity index (χ3v) is 4.67. The lowest BCUT2D eigenvalue weighted by atomic mass is 9.87. The minimum Gasteiger partial charge on any atom is -0.497 e. The van der Waals surface area contributed by atoms with E-state index >= 15 is 0 Å². The molecule has 2 aromatic carbocycles. The number of aryl methyl sites for hydroxylation is 1. The summed E-state index contributed by atoms with van der Waals surface area (Å²) in [7, 11) is 1.71. The van der Waals surface area contributed by atoms with Gasteiger partial charge in [0, 0.05) is 5.69 Å². The molecule has 0 fully saturated rings. The summed E-state index contributed by atoms with van der Waals surface area (Å²) >= 11 is 5.52. The van der Waals surface area contributed by atoms with Gasteiger partial charge in [0.05, 0.1) is 19.3 Å². The van der Waals surface area contributed by atoms with E-state index in [0.29, 0.717) is 5.11 Å². The minimum absolute atomic E-state index is 0.168. The highest BCUT2D eigenvalue weighted by atomic mass is 32.1. The maximum atomic E-state index is 5.67. The number of hydrogen-bond acceptors (Lipinski definition) is 3. The number of nitrogens with one attached hydrogen (secondary N) is 2. The average molecular weight is 371 g/mol. The van der Waals surface area contributed by atoms with E-state index < -0.39 is 0 Å². The molecule has 0 heterocycles. The standard InChI is InChI=1S/C21H26N2O2S/c1-14(2)25-17-9-7-16(8-10-17)22-21(26)23-20-6-4-5-15-13-18(24-3)11-12-19(15)20/h7-14,20H,4-6H2,1-3H3,(H2,22,23,26). The Balaban J connectivity index is 1.62. The van der Waals surface area contributed by atoms with Crippen LogP contribution in [0.4, 0.5) is 5.69 Å². The molecule has 0 saturated carbocycles. The fourth-order valence-electron chi connectivity index (χ4n) is 3.28. The summed E-state index contributed by atoms with van der Waals surface area (Å²) in [6.45, 7) is 4.03. The second-order valence-electron chi connectivity index (χ2n) is 6.80. The van der Waals surface area contributed by atoms with Crippen molar-refractivity contribution in [3.05, 3.63) is 53.6 Å². The summed E-state index contributed by atoms with van der Waals surface area (Å²) in [5, 5.41) is 7.35. The first-order chi connectivity index (χ1) is 12.5. The molecule has 3 rings (SSSR count). The number of rotatable bonds is 5. The summed E-state index contributed by atoms with van der Waals surface area (Å²) in [6, 6.07) is 14.4. The number of ether oxygens (including phenoxy) is 2. The van der Waals surface area contributed by atoms with Crippen LogP contribution >= 0.6 is 12.2 Å². The first-order valence-corrected chi connectivity index (χ1v) is 9.47. The van der Waals surface area contributed by atoms with Gasteiger partial charge in [-0.3, -0.25) is 0 Å². The second-order valence-corrected chi connectivity index (χ2v) is 7.21. The lowest BCUT2D eigenvalue weighted by molar-refractivity contribution is 0.242. The van der Waals surface area contributed by atoms with Crippen molar-refractivity contribution in [2.24, 2.45) is 0 Å². The van der Waals surface area contributed by atoms with Gasteiger partial charge in [-0.05, 0) is 92.9 Å². The van der Waals surface area contributed by atoms with Crippen molar-refractivity contribution < 1.29 is 9.47 Å². The molecular weight excluding hydrogens is 344 g/mol. The molecule has 1 aliphatic rings. The molecule has 0 radical (unpaired) electrons. The predicted octanol–water partition coefficient (Wildman–Crippen LogP) is 4.85. The molecule has 0 amide bonds. The highest BCUT2D eigenvalue weighted by Gasteiger charge is 2.21. The van der Waals surface area contributed by atoms with Crippen LogP contribution in [0.3, 0.4) is 0 Å². The molecule has 2 N–H and O–H groups in total. The number of thiocarbonyl (C=S) groups is 1. The Labute approximate surface area is 160 Å². The molecule has 1 aliphatic carbocycles. The van der Waals surface area contributed by atoms with Crippen molar-refractivity contribution in [1.82, 2.24) is 5.32 Å². The highest BCUT2D eigenvalue weighted by Crippen LogP contribution is 2.32. The van der Waals surface area contributed by atoms with E-state index in [1.54, 1.807) is 7.11 Å². The number of benzene rings is 2. The van der Waals surface area contributed by atoms with Gasteiger partial charge in [-0.15, -0.1) is 0 Å². The molecule has 4 nitrogen and oxygen atoms in total. The molecule has 0 spiro atoms. The minimum atomic E-state index is 0.168. The Bertz CT molecular complexity index is 759. The van der Waals surface area contributed by atoms with Gasteiger partial charge < -0.3 is 20.1 Å². The summed E-state index contributed by atoms with van der Waals surface area (Å²) in [5.41, 5.74) is 3.59. The van der Waals surface area contributed by atoms with Crippen molar-refractivity contribution >= 4 is 23.0 Å². The molecular formula is C21H26N2O2S. The van der Waals surface area contributed by atoms with Crippen LogP contribution in [0.1, 0.15) is 43.9 Å². The molecule has 138 valence electrons. The van der Waals surface area contributed by atoms with E-state index in [-0.39, 0.29) is 12.1 Å². The van der Waals surface area contributed by atoms with Crippen LogP contribution in [0.2, 0.25) is 0 Å². The summed E-state index contributed by atoms with van der Waals surface area (Å²) < 4.78 is 11.0. The maximum absolute atomic E-state index is 5.67. The van der Waals surface area contributed by atoms with Crippen molar-refractivity contribution in [2.45, 2.75) is 45.3 Å². The van der Waals surface area contributed by atoms with Crippen molar-refractivity contribution in [1.29, 1.82) is 0 Å². The number of anilines is 1. The Hall–Kier alpha value is -2.27. The first kappa shape index (κ1) is 18.5. The molecule has 26 heavy (non-hydrogen) atoms. The summed E-state index contributed by atoms with van der Waals surface area (Å²) in [6.07, 6.45) is 3.47. The Morgan fingerprint density at radius 2 is 1.85 bits per heavy atom. The molecule has 1 unspecified atom stereocenters. The lowest BCUT2D eigenvalue weighted by Gasteiger charge is -2.28. The fraction of sp³-hybridized carbons (Fsp3) is 0.381. The van der Waals surface area contributed by atoms with Crippen molar-refractivity contribution in [2.75, 3.05) is 12.4 Å². The maximum Gasteiger partial charge on any atom is 0.171 e. The Kier molecular flexibility index (Phi) is 5.99. The second kappa shape index (κ2) is 8.41. The van der Waals surface area contributed by atoms with Crippen molar-refractivity contribution in [3.63, 3.8) is 0 Å². The van der Waals surface area contributed by atoms with Crippen LogP contribution in [-0.2, 0) is 6.42 Å². The lowest BCUT2D eigenvalue weighted by Crippen LogP contribution is -2.34. The van der Waals surface area contributed by atoms with Gasteiger partial charge in [0.25, 0.3) is 0 Å². The summed E-state index contributed by atoms with van der Waals surface area (Å²) in [5.74, 6) is 1.77. The molecule has 0 aliphatic heterocycles. The van der Waals surface area contributed by atoms with Crippen LogP contribution in [0.25, 0.3) is 0 Å². The fourth-order valence-corrected chi connectivity index (χ4v) is 3.54. The number of methoxy groups -OCH3 is 1. The molecule has 0 saturated heterocycles. The largest absolute Gasteiger partial charge is 0.497 e. The van der Waals surface area contributed by atoms with E-state index in [9.17, 15) is 0 Å². The number of fused-ring (bicyclic) bond motifs is 1. The molecule has 5 heteroatoms. The van der Waals surface area contributed by atoms with Gasteiger partial charge in [-0.2, -0.15) is 0 Å². The third kappa shape index (κ3) is 4.67. The third-order valence-electron chi connectivity index (χ3n) is 4.45. The Morgan fingerprint density at radius 3 is 2.54 bits per heavy atom. The van der Waals surface area contributed by atoms with Gasteiger partial charge in [0.1, 0.15) is 11.5 Å². The van der Waals surface area contributed by atoms with E-state index in [1.807, 2.05) is 44.2 Å². The van der Waals surface area contributed by atoms with Crippen LogP contribution in [-0.4, -0.2) is 18.3 Å². The van der Waals surface area contributed by atoms with Crippen LogP contribution < -0.4 is 20.1 Å². The van der Waals surface area contributed by atoms with E-state index in [4.69, 9.17) is 21.7 Å².